The number of aromatic nitrogens is 1. The number of primary amides is 1. The smallest absolute Gasteiger partial charge is 0.270 e. The van der Waals surface area contributed by atoms with Crippen LogP contribution in [0.15, 0.2) is 24.3 Å². The predicted octanol–water partition coefficient (Wildman–Crippen LogP) is 3.36. The van der Waals surface area contributed by atoms with E-state index in [-0.39, 0.29) is 11.3 Å². The topological polar surface area (TPSA) is 68.3 Å². The third-order valence-corrected chi connectivity index (χ3v) is 5.54. The Labute approximate surface area is 156 Å². The lowest BCUT2D eigenvalue weighted by molar-refractivity contribution is 0.0676. The summed E-state index contributed by atoms with van der Waals surface area (Å²) < 4.78 is 1.59. The Morgan fingerprint density at radius 1 is 1.20 bits per heavy atom. The number of halogens is 2. The molecular formula is C18H19Cl2N3O2. The Kier molecular flexibility index (Phi) is 4.33. The van der Waals surface area contributed by atoms with Crippen molar-refractivity contribution < 1.29 is 9.59 Å². The fraction of sp³-hybridized carbons (Fsp3) is 0.333. The molecule has 0 saturated heterocycles. The lowest BCUT2D eigenvalue weighted by Gasteiger charge is -2.40. The number of fused-ring (bicyclic) bond motifs is 1. The standard InChI is InChI=1S/C18H19Cl2N3O2/c1-18(2)9-23(17(25)14-7-13(19)15(20)22(14)3)8-11-5-4-10(16(21)24)6-12(11)18/h4-7H,8-9H2,1-3H3,(H2,21,24). The maximum atomic E-state index is 13.0. The first kappa shape index (κ1) is 17.8. The van der Waals surface area contributed by atoms with E-state index in [0.29, 0.717) is 34.5 Å². The largest absolute Gasteiger partial charge is 0.366 e. The normalized spacial score (nSPS) is 15.8. The number of benzene rings is 1. The molecule has 1 aromatic carbocycles. The number of hydrogen-bond acceptors (Lipinski definition) is 2. The highest BCUT2D eigenvalue weighted by Crippen LogP contribution is 2.35. The first-order valence-corrected chi connectivity index (χ1v) is 8.60. The lowest BCUT2D eigenvalue weighted by atomic mass is 9.77. The summed E-state index contributed by atoms with van der Waals surface area (Å²) in [6.07, 6.45) is 0. The number of hydrogen-bond donors (Lipinski definition) is 1. The minimum atomic E-state index is -0.454. The van der Waals surface area contributed by atoms with Gasteiger partial charge in [0, 0.05) is 31.1 Å². The van der Waals surface area contributed by atoms with Crippen molar-refractivity contribution in [1.29, 1.82) is 0 Å². The van der Waals surface area contributed by atoms with Crippen molar-refractivity contribution in [2.45, 2.75) is 25.8 Å². The van der Waals surface area contributed by atoms with E-state index in [4.69, 9.17) is 28.9 Å². The molecule has 0 aliphatic carbocycles. The molecule has 1 aromatic heterocycles. The van der Waals surface area contributed by atoms with E-state index in [1.165, 1.54) is 0 Å². The summed E-state index contributed by atoms with van der Waals surface area (Å²) >= 11 is 12.1. The van der Waals surface area contributed by atoms with Crippen molar-refractivity contribution in [1.82, 2.24) is 9.47 Å². The zero-order chi connectivity index (χ0) is 18.5. The summed E-state index contributed by atoms with van der Waals surface area (Å²) in [7, 11) is 1.71. The third kappa shape index (κ3) is 3.02. The van der Waals surface area contributed by atoms with Gasteiger partial charge in [-0.3, -0.25) is 9.59 Å². The van der Waals surface area contributed by atoms with Crippen LogP contribution in [0.1, 0.15) is 45.8 Å². The quantitative estimate of drug-likeness (QED) is 0.868. The average molecular weight is 380 g/mol. The molecule has 2 aromatic rings. The molecule has 5 nitrogen and oxygen atoms in total. The second-order valence-electron chi connectivity index (χ2n) is 7.01. The first-order valence-electron chi connectivity index (χ1n) is 7.85. The van der Waals surface area contributed by atoms with Gasteiger partial charge in [0.1, 0.15) is 10.8 Å². The molecule has 25 heavy (non-hydrogen) atoms. The molecule has 0 saturated carbocycles. The van der Waals surface area contributed by atoms with Gasteiger partial charge >= 0.3 is 0 Å². The van der Waals surface area contributed by atoms with Crippen LogP contribution < -0.4 is 5.73 Å². The molecule has 2 N–H and O–H groups in total. The van der Waals surface area contributed by atoms with E-state index < -0.39 is 5.91 Å². The number of amides is 2. The zero-order valence-corrected chi connectivity index (χ0v) is 15.8. The minimum absolute atomic E-state index is 0.131. The van der Waals surface area contributed by atoms with E-state index in [2.05, 4.69) is 0 Å². The molecule has 7 heteroatoms. The summed E-state index contributed by atoms with van der Waals surface area (Å²) in [5.74, 6) is -0.584. The molecule has 1 aliphatic heterocycles. The molecule has 2 amide bonds. The Morgan fingerprint density at radius 2 is 1.88 bits per heavy atom. The Morgan fingerprint density at radius 3 is 2.44 bits per heavy atom. The van der Waals surface area contributed by atoms with Crippen LogP contribution in [-0.2, 0) is 19.0 Å². The summed E-state index contributed by atoms with van der Waals surface area (Å²) in [6, 6.07) is 6.98. The highest BCUT2D eigenvalue weighted by atomic mass is 35.5. The molecule has 0 atom stereocenters. The van der Waals surface area contributed by atoms with Gasteiger partial charge < -0.3 is 15.2 Å². The number of nitrogens with zero attached hydrogens (tertiary/aromatic N) is 2. The molecule has 0 bridgehead atoms. The van der Waals surface area contributed by atoms with Crippen molar-refractivity contribution in [2.24, 2.45) is 12.8 Å². The number of rotatable bonds is 2. The number of carbonyl (C=O) groups is 2. The van der Waals surface area contributed by atoms with Gasteiger partial charge in [0.15, 0.2) is 0 Å². The summed E-state index contributed by atoms with van der Waals surface area (Å²) in [5.41, 5.74) is 8.04. The van der Waals surface area contributed by atoms with Gasteiger partial charge in [0.25, 0.3) is 5.91 Å². The summed E-state index contributed by atoms with van der Waals surface area (Å²) in [5, 5.41) is 0.697. The summed E-state index contributed by atoms with van der Waals surface area (Å²) in [4.78, 5) is 26.2. The van der Waals surface area contributed by atoms with Crippen molar-refractivity contribution in [2.75, 3.05) is 6.54 Å². The molecule has 1 aliphatic rings. The van der Waals surface area contributed by atoms with Crippen LogP contribution in [0, 0.1) is 0 Å². The Bertz CT molecular complexity index is 887. The molecule has 0 fully saturated rings. The van der Waals surface area contributed by atoms with Crippen LogP contribution in [0.5, 0.6) is 0 Å². The number of carbonyl (C=O) groups excluding carboxylic acids is 2. The van der Waals surface area contributed by atoms with Crippen LogP contribution in [-0.4, -0.2) is 27.8 Å². The van der Waals surface area contributed by atoms with Crippen molar-refractivity contribution >= 4 is 35.0 Å². The van der Waals surface area contributed by atoms with Gasteiger partial charge in [-0.2, -0.15) is 0 Å². The third-order valence-electron chi connectivity index (χ3n) is 4.69. The van der Waals surface area contributed by atoms with E-state index in [0.717, 1.165) is 11.1 Å². The van der Waals surface area contributed by atoms with Gasteiger partial charge in [0.05, 0.1) is 5.02 Å². The highest BCUT2D eigenvalue weighted by Gasteiger charge is 2.35. The molecule has 0 spiro atoms. The van der Waals surface area contributed by atoms with Gasteiger partial charge in [-0.1, -0.05) is 43.1 Å². The van der Waals surface area contributed by atoms with Crippen molar-refractivity contribution in [3.8, 4) is 0 Å². The van der Waals surface area contributed by atoms with Gasteiger partial charge in [-0.15, -0.1) is 0 Å². The predicted molar refractivity (Wildman–Crippen MR) is 98.2 cm³/mol. The maximum Gasteiger partial charge on any atom is 0.270 e. The molecule has 0 unspecified atom stereocenters. The van der Waals surface area contributed by atoms with Crippen LogP contribution in [0.4, 0.5) is 0 Å². The minimum Gasteiger partial charge on any atom is -0.366 e. The first-order chi connectivity index (χ1) is 11.6. The Balaban J connectivity index is 1.98. The van der Waals surface area contributed by atoms with Gasteiger partial charge in [-0.25, -0.2) is 0 Å². The molecule has 3 rings (SSSR count). The van der Waals surface area contributed by atoms with Crippen LogP contribution in [0.2, 0.25) is 10.2 Å². The van der Waals surface area contributed by atoms with Crippen LogP contribution in [0.25, 0.3) is 0 Å². The van der Waals surface area contributed by atoms with Gasteiger partial charge in [0.2, 0.25) is 5.91 Å². The van der Waals surface area contributed by atoms with E-state index in [9.17, 15) is 9.59 Å². The molecular weight excluding hydrogens is 361 g/mol. The van der Waals surface area contributed by atoms with Crippen LogP contribution >= 0.6 is 23.2 Å². The zero-order valence-electron chi connectivity index (χ0n) is 14.3. The second-order valence-corrected chi connectivity index (χ2v) is 7.77. The molecule has 0 radical (unpaired) electrons. The second kappa shape index (κ2) is 6.07. The molecule has 2 heterocycles. The molecule has 132 valence electrons. The fourth-order valence-electron chi connectivity index (χ4n) is 3.37. The van der Waals surface area contributed by atoms with Crippen molar-refractivity contribution in [3.63, 3.8) is 0 Å². The maximum absolute atomic E-state index is 13.0. The van der Waals surface area contributed by atoms with E-state index >= 15 is 0 Å². The van der Waals surface area contributed by atoms with E-state index in [1.807, 2.05) is 26.0 Å². The number of nitrogens with two attached hydrogens (primary N) is 1. The Hall–Kier alpha value is -1.98. The average Bonchev–Trinajstić information content (AvgIpc) is 2.80. The summed E-state index contributed by atoms with van der Waals surface area (Å²) in [6.45, 7) is 5.06. The highest BCUT2D eigenvalue weighted by molar-refractivity contribution is 6.41. The monoisotopic (exact) mass is 379 g/mol. The van der Waals surface area contributed by atoms with Crippen molar-refractivity contribution in [3.05, 3.63) is 56.8 Å². The lowest BCUT2D eigenvalue weighted by Crippen LogP contribution is -2.45. The van der Waals surface area contributed by atoms with Gasteiger partial charge in [-0.05, 0) is 29.3 Å². The fourth-order valence-corrected chi connectivity index (χ4v) is 3.75. The van der Waals surface area contributed by atoms with E-state index in [1.54, 1.807) is 28.6 Å². The SMILES string of the molecule is Cn1c(C(=O)N2Cc3ccc(C(N)=O)cc3C(C)(C)C2)cc(Cl)c1Cl. The van der Waals surface area contributed by atoms with Crippen LogP contribution in [0.3, 0.4) is 0 Å².